The summed E-state index contributed by atoms with van der Waals surface area (Å²) in [5, 5.41) is 2.96. The Morgan fingerprint density at radius 2 is 2.06 bits per heavy atom. The molecule has 0 unspecified atom stereocenters. The molecule has 5 nitrogen and oxygen atoms in total. The molecule has 16 heavy (non-hydrogen) atoms. The number of fused-ring (bicyclic) bond motifs is 1. The zero-order chi connectivity index (χ0) is 11.1. The van der Waals surface area contributed by atoms with Crippen molar-refractivity contribution in [3.63, 3.8) is 0 Å². The van der Waals surface area contributed by atoms with Crippen LogP contribution in [0.2, 0.25) is 0 Å². The predicted molar refractivity (Wildman–Crippen MR) is 59.3 cm³/mol. The Labute approximate surface area is 94.0 Å². The van der Waals surface area contributed by atoms with Crippen molar-refractivity contribution in [1.82, 2.24) is 14.7 Å². The van der Waals surface area contributed by atoms with Crippen LogP contribution in [-0.2, 0) is 18.0 Å². The molecule has 0 spiro atoms. The number of hydrogen-bond donors (Lipinski definition) is 1. The molecule has 0 bridgehead atoms. The van der Waals surface area contributed by atoms with Crippen LogP contribution < -0.4 is 5.56 Å². The molecule has 5 heteroatoms. The summed E-state index contributed by atoms with van der Waals surface area (Å²) in [7, 11) is 2.14. The number of aromatic amines is 1. The van der Waals surface area contributed by atoms with Crippen LogP contribution in [0.4, 0.5) is 0 Å². The summed E-state index contributed by atoms with van der Waals surface area (Å²) in [6.45, 7) is 3.26. The van der Waals surface area contributed by atoms with E-state index in [0.29, 0.717) is 19.3 Å². The number of H-pyrrole nitrogens is 1. The third-order valence-electron chi connectivity index (χ3n) is 3.67. The lowest BCUT2D eigenvalue weighted by Gasteiger charge is -2.30. The Bertz CT molecular complexity index is 441. The molecule has 1 aromatic rings. The van der Waals surface area contributed by atoms with Gasteiger partial charge in [-0.2, -0.15) is 0 Å². The predicted octanol–water partition coefficient (Wildman–Crippen LogP) is 0.473. The van der Waals surface area contributed by atoms with E-state index in [-0.39, 0.29) is 5.56 Å². The second-order valence-corrected chi connectivity index (χ2v) is 4.76. The minimum atomic E-state index is 0.0337. The van der Waals surface area contributed by atoms with Gasteiger partial charge in [-0.1, -0.05) is 0 Å². The molecule has 1 N–H and O–H groups in total. The highest BCUT2D eigenvalue weighted by Crippen LogP contribution is 2.25. The lowest BCUT2D eigenvalue weighted by atomic mass is 10.1. The van der Waals surface area contributed by atoms with Crippen molar-refractivity contribution in [2.75, 3.05) is 20.1 Å². The van der Waals surface area contributed by atoms with Gasteiger partial charge in [0.2, 0.25) is 0 Å². The number of likely N-dealkylation sites (tertiary alicyclic amines) is 1. The lowest BCUT2D eigenvalue weighted by Crippen LogP contribution is -2.32. The van der Waals surface area contributed by atoms with E-state index < -0.39 is 0 Å². The molecule has 2 aliphatic rings. The summed E-state index contributed by atoms with van der Waals surface area (Å²) in [5.41, 5.74) is 1.94. The van der Waals surface area contributed by atoms with Gasteiger partial charge in [0.1, 0.15) is 0 Å². The van der Waals surface area contributed by atoms with Gasteiger partial charge in [-0.25, -0.2) is 0 Å². The first-order chi connectivity index (χ1) is 7.75. The first-order valence-electron chi connectivity index (χ1n) is 5.84. The van der Waals surface area contributed by atoms with Gasteiger partial charge in [-0.05, 0) is 33.0 Å². The van der Waals surface area contributed by atoms with Crippen LogP contribution >= 0.6 is 0 Å². The monoisotopic (exact) mass is 223 g/mol. The number of nitrogens with zero attached hydrogens (tertiary/aromatic N) is 2. The largest absolute Gasteiger partial charge is 0.370 e. The number of ether oxygens (including phenoxy) is 1. The third-order valence-corrected chi connectivity index (χ3v) is 3.67. The molecule has 1 fully saturated rings. The number of hydrogen-bond acceptors (Lipinski definition) is 3. The quantitative estimate of drug-likeness (QED) is 0.753. The van der Waals surface area contributed by atoms with Crippen LogP contribution in [0, 0.1) is 0 Å². The first-order valence-corrected chi connectivity index (χ1v) is 5.84. The zero-order valence-electron chi connectivity index (χ0n) is 9.53. The summed E-state index contributed by atoms with van der Waals surface area (Å²) in [5.74, 6) is 0. The molecule has 0 radical (unpaired) electrons. The van der Waals surface area contributed by atoms with Crippen molar-refractivity contribution in [2.45, 2.75) is 32.1 Å². The first kappa shape index (κ1) is 10.1. The van der Waals surface area contributed by atoms with E-state index in [1.54, 1.807) is 0 Å². The standard InChI is InChI=1S/C11H17N3O2/c1-13-4-2-8(3-5-13)14-10-7-16-6-9(10)11(15)12-14/h8H,2-7H2,1H3,(H,12,15). The fourth-order valence-corrected chi connectivity index (χ4v) is 2.64. The van der Waals surface area contributed by atoms with Crippen LogP contribution in [0.15, 0.2) is 4.79 Å². The molecule has 3 heterocycles. The zero-order valence-corrected chi connectivity index (χ0v) is 9.53. The fraction of sp³-hybridized carbons (Fsp3) is 0.727. The third kappa shape index (κ3) is 1.51. The molecule has 0 atom stereocenters. The van der Waals surface area contributed by atoms with E-state index in [1.165, 1.54) is 0 Å². The van der Waals surface area contributed by atoms with E-state index in [9.17, 15) is 4.79 Å². The van der Waals surface area contributed by atoms with Crippen LogP contribution in [0.25, 0.3) is 0 Å². The summed E-state index contributed by atoms with van der Waals surface area (Å²) < 4.78 is 7.39. The van der Waals surface area contributed by atoms with Crippen molar-refractivity contribution in [1.29, 1.82) is 0 Å². The fourth-order valence-electron chi connectivity index (χ4n) is 2.64. The van der Waals surface area contributed by atoms with Crippen molar-refractivity contribution in [2.24, 2.45) is 0 Å². The maximum atomic E-state index is 11.7. The molecule has 3 rings (SSSR count). The minimum absolute atomic E-state index is 0.0337. The van der Waals surface area contributed by atoms with Crippen molar-refractivity contribution in [3.05, 3.63) is 21.6 Å². The van der Waals surface area contributed by atoms with E-state index in [4.69, 9.17) is 4.74 Å². The van der Waals surface area contributed by atoms with Crippen LogP contribution in [0.3, 0.4) is 0 Å². The summed E-state index contributed by atoms with van der Waals surface area (Å²) >= 11 is 0. The van der Waals surface area contributed by atoms with Gasteiger partial charge >= 0.3 is 0 Å². The second kappa shape index (κ2) is 3.75. The van der Waals surface area contributed by atoms with Gasteiger partial charge in [0.15, 0.2) is 0 Å². The molecule has 1 aromatic heterocycles. The van der Waals surface area contributed by atoms with Crippen LogP contribution in [-0.4, -0.2) is 34.8 Å². The number of piperidine rings is 1. The number of aromatic nitrogens is 2. The molecular formula is C11H17N3O2. The Morgan fingerprint density at radius 1 is 1.31 bits per heavy atom. The lowest BCUT2D eigenvalue weighted by molar-refractivity contribution is 0.124. The van der Waals surface area contributed by atoms with Crippen molar-refractivity contribution < 1.29 is 4.74 Å². The van der Waals surface area contributed by atoms with E-state index in [1.807, 2.05) is 0 Å². The molecule has 88 valence electrons. The Morgan fingerprint density at radius 3 is 2.81 bits per heavy atom. The van der Waals surface area contributed by atoms with Crippen molar-refractivity contribution in [3.8, 4) is 0 Å². The maximum absolute atomic E-state index is 11.7. The Kier molecular flexibility index (Phi) is 2.37. The molecule has 0 saturated carbocycles. The van der Waals surface area contributed by atoms with Gasteiger partial charge in [-0.15, -0.1) is 0 Å². The van der Waals surface area contributed by atoms with Gasteiger partial charge in [0.25, 0.3) is 5.56 Å². The summed E-state index contributed by atoms with van der Waals surface area (Å²) in [4.78, 5) is 14.0. The highest BCUT2D eigenvalue weighted by Gasteiger charge is 2.26. The van der Waals surface area contributed by atoms with Crippen LogP contribution in [0.5, 0.6) is 0 Å². The molecule has 0 aromatic carbocycles. The van der Waals surface area contributed by atoms with E-state index in [0.717, 1.165) is 37.2 Å². The normalized spacial score (nSPS) is 22.6. The average Bonchev–Trinajstić information content (AvgIpc) is 2.84. The smallest absolute Gasteiger partial charge is 0.269 e. The number of rotatable bonds is 1. The van der Waals surface area contributed by atoms with Crippen molar-refractivity contribution >= 4 is 0 Å². The van der Waals surface area contributed by atoms with Crippen LogP contribution in [0.1, 0.15) is 30.1 Å². The molecule has 1 saturated heterocycles. The number of nitrogens with one attached hydrogen (secondary N) is 1. The summed E-state index contributed by atoms with van der Waals surface area (Å²) in [6.07, 6.45) is 2.21. The van der Waals surface area contributed by atoms with Gasteiger partial charge in [-0.3, -0.25) is 14.6 Å². The van der Waals surface area contributed by atoms with E-state index >= 15 is 0 Å². The minimum Gasteiger partial charge on any atom is -0.370 e. The molecule has 0 amide bonds. The Balaban J connectivity index is 1.90. The van der Waals surface area contributed by atoms with Gasteiger partial charge < -0.3 is 9.64 Å². The maximum Gasteiger partial charge on any atom is 0.269 e. The SMILES string of the molecule is CN1CCC(n2[nH]c(=O)c3c2COC3)CC1. The van der Waals surface area contributed by atoms with Gasteiger partial charge in [0.05, 0.1) is 30.5 Å². The average molecular weight is 223 g/mol. The molecule has 2 aliphatic heterocycles. The molecule has 0 aliphatic carbocycles. The topological polar surface area (TPSA) is 50.3 Å². The Hall–Kier alpha value is -1.07. The highest BCUT2D eigenvalue weighted by atomic mass is 16.5. The summed E-state index contributed by atoms with van der Waals surface area (Å²) in [6, 6.07) is 0.439. The van der Waals surface area contributed by atoms with E-state index in [2.05, 4.69) is 21.7 Å². The van der Waals surface area contributed by atoms with Gasteiger partial charge in [0, 0.05) is 0 Å². The highest BCUT2D eigenvalue weighted by molar-refractivity contribution is 5.20. The molecular weight excluding hydrogens is 206 g/mol. The second-order valence-electron chi connectivity index (χ2n) is 4.76.